The third-order valence-corrected chi connectivity index (χ3v) is 3.63. The van der Waals surface area contributed by atoms with E-state index >= 15 is 0 Å². The van der Waals surface area contributed by atoms with Crippen LogP contribution in [0, 0.1) is 5.82 Å². The van der Waals surface area contributed by atoms with E-state index in [1.165, 1.54) is 24.4 Å². The number of hydrogen-bond acceptors (Lipinski definition) is 2. The van der Waals surface area contributed by atoms with Gasteiger partial charge in [-0.25, -0.2) is 4.39 Å². The van der Waals surface area contributed by atoms with Crippen LogP contribution in [0.4, 0.5) is 4.39 Å². The zero-order chi connectivity index (χ0) is 13.3. The molecule has 0 saturated carbocycles. The molecule has 0 bridgehead atoms. The molecule has 96 valence electrons. The topological polar surface area (TPSA) is 38.0 Å². The van der Waals surface area contributed by atoms with Crippen molar-refractivity contribution in [2.24, 2.45) is 0 Å². The molecule has 2 rings (SSSR count). The normalized spacial score (nSPS) is 12.7. The van der Waals surface area contributed by atoms with Crippen LogP contribution in [0.5, 0.6) is 0 Å². The van der Waals surface area contributed by atoms with Gasteiger partial charge in [0.25, 0.3) is 0 Å². The first-order chi connectivity index (χ1) is 8.54. The van der Waals surface area contributed by atoms with Gasteiger partial charge in [0.15, 0.2) is 0 Å². The number of aromatic nitrogens is 2. The molecule has 18 heavy (non-hydrogen) atoms. The highest BCUT2D eigenvalue weighted by Gasteiger charge is 2.21. The molecule has 0 aliphatic heterocycles. The molecule has 1 aromatic carbocycles. The zero-order valence-corrected chi connectivity index (χ0v) is 11.9. The average molecular weight is 334 g/mol. The Morgan fingerprint density at radius 3 is 2.89 bits per heavy atom. The number of hydrogen-bond donors (Lipinski definition) is 1. The molecule has 0 spiro atoms. The molecule has 1 atom stereocenters. The first-order valence-corrected chi connectivity index (χ1v) is 6.56. The smallest absolute Gasteiger partial charge is 0.124 e. The summed E-state index contributed by atoms with van der Waals surface area (Å²) in [4.78, 5) is 0. The molecular weight excluding hydrogens is 322 g/mol. The molecular formula is C12H11BrClFN2O. The zero-order valence-electron chi connectivity index (χ0n) is 9.57. The summed E-state index contributed by atoms with van der Waals surface area (Å²) >= 11 is 9.25. The Balaban J connectivity index is 2.47. The van der Waals surface area contributed by atoms with E-state index in [1.54, 1.807) is 4.68 Å². The molecule has 0 fully saturated rings. The van der Waals surface area contributed by atoms with Crippen molar-refractivity contribution in [1.29, 1.82) is 0 Å². The quantitative estimate of drug-likeness (QED) is 0.933. The fourth-order valence-electron chi connectivity index (χ4n) is 1.77. The lowest BCUT2D eigenvalue weighted by atomic mass is 10.1. The van der Waals surface area contributed by atoms with Crippen molar-refractivity contribution >= 4 is 27.5 Å². The minimum absolute atomic E-state index is 0.368. The highest BCUT2D eigenvalue weighted by molar-refractivity contribution is 9.10. The van der Waals surface area contributed by atoms with Crippen molar-refractivity contribution in [2.75, 3.05) is 0 Å². The summed E-state index contributed by atoms with van der Waals surface area (Å²) in [5, 5.41) is 14.8. The maximum absolute atomic E-state index is 13.0. The average Bonchev–Trinajstić information content (AvgIpc) is 2.69. The predicted octanol–water partition coefficient (Wildman–Crippen LogP) is 3.54. The van der Waals surface area contributed by atoms with E-state index < -0.39 is 6.10 Å². The second-order valence-electron chi connectivity index (χ2n) is 3.76. The largest absolute Gasteiger partial charge is 0.382 e. The van der Waals surface area contributed by atoms with Crippen LogP contribution in [-0.2, 0) is 6.54 Å². The van der Waals surface area contributed by atoms with Crippen molar-refractivity contribution in [3.63, 3.8) is 0 Å². The Morgan fingerprint density at radius 2 is 2.28 bits per heavy atom. The van der Waals surface area contributed by atoms with Gasteiger partial charge in [0.2, 0.25) is 0 Å². The third-order valence-electron chi connectivity index (χ3n) is 2.65. The standard InChI is InChI=1S/C12H11BrClFN2O/c1-2-17-11(10(14)6-16-17)12(18)8-4-3-7(15)5-9(8)13/h3-6,12,18H,2H2,1H3. The van der Waals surface area contributed by atoms with Crippen molar-refractivity contribution < 1.29 is 9.50 Å². The number of aliphatic hydroxyl groups excluding tert-OH is 1. The van der Waals surface area contributed by atoms with Crippen LogP contribution in [0.15, 0.2) is 28.9 Å². The van der Waals surface area contributed by atoms with E-state index in [0.29, 0.717) is 27.3 Å². The van der Waals surface area contributed by atoms with Gasteiger partial charge in [-0.05, 0) is 19.1 Å². The molecule has 1 unspecified atom stereocenters. The van der Waals surface area contributed by atoms with Gasteiger partial charge in [-0.15, -0.1) is 0 Å². The fraction of sp³-hybridized carbons (Fsp3) is 0.250. The molecule has 0 aliphatic carbocycles. The summed E-state index contributed by atoms with van der Waals surface area (Å²) < 4.78 is 15.1. The minimum Gasteiger partial charge on any atom is -0.382 e. The van der Waals surface area contributed by atoms with Crippen molar-refractivity contribution in [2.45, 2.75) is 19.6 Å². The Kier molecular flexibility index (Phi) is 4.04. The number of nitrogens with zero attached hydrogens (tertiary/aromatic N) is 2. The second-order valence-corrected chi connectivity index (χ2v) is 5.02. The van der Waals surface area contributed by atoms with Crippen LogP contribution in [0.3, 0.4) is 0 Å². The number of halogens is 3. The summed E-state index contributed by atoms with van der Waals surface area (Å²) in [6.45, 7) is 2.50. The monoisotopic (exact) mass is 332 g/mol. The Labute approximate surface area is 117 Å². The van der Waals surface area contributed by atoms with Crippen LogP contribution >= 0.6 is 27.5 Å². The Hall–Kier alpha value is -0.910. The fourth-order valence-corrected chi connectivity index (χ4v) is 2.58. The van der Waals surface area contributed by atoms with Gasteiger partial charge in [-0.3, -0.25) is 4.68 Å². The van der Waals surface area contributed by atoms with Crippen LogP contribution in [-0.4, -0.2) is 14.9 Å². The molecule has 1 heterocycles. The lowest BCUT2D eigenvalue weighted by molar-refractivity contribution is 0.207. The van der Waals surface area contributed by atoms with Gasteiger partial charge in [-0.2, -0.15) is 5.10 Å². The molecule has 0 aliphatic rings. The maximum Gasteiger partial charge on any atom is 0.124 e. The molecule has 0 amide bonds. The van der Waals surface area contributed by atoms with Gasteiger partial charge in [0.1, 0.15) is 11.9 Å². The molecule has 2 aromatic rings. The van der Waals surface area contributed by atoms with Crippen LogP contribution in [0.2, 0.25) is 5.02 Å². The first kappa shape index (κ1) is 13.5. The Bertz CT molecular complexity index is 573. The van der Waals surface area contributed by atoms with Crippen LogP contribution < -0.4 is 0 Å². The van der Waals surface area contributed by atoms with E-state index in [1.807, 2.05) is 6.92 Å². The third kappa shape index (κ3) is 2.43. The van der Waals surface area contributed by atoms with E-state index in [9.17, 15) is 9.50 Å². The van der Waals surface area contributed by atoms with Gasteiger partial charge in [-0.1, -0.05) is 33.6 Å². The maximum atomic E-state index is 13.0. The molecule has 1 N–H and O–H groups in total. The SMILES string of the molecule is CCn1ncc(Cl)c1C(O)c1ccc(F)cc1Br. The summed E-state index contributed by atoms with van der Waals surface area (Å²) in [6.07, 6.45) is 0.538. The number of rotatable bonds is 3. The van der Waals surface area contributed by atoms with E-state index in [2.05, 4.69) is 21.0 Å². The first-order valence-electron chi connectivity index (χ1n) is 5.38. The van der Waals surface area contributed by atoms with Crippen LogP contribution in [0.25, 0.3) is 0 Å². The minimum atomic E-state index is -0.949. The predicted molar refractivity (Wildman–Crippen MR) is 71.1 cm³/mol. The highest BCUT2D eigenvalue weighted by atomic mass is 79.9. The highest BCUT2D eigenvalue weighted by Crippen LogP contribution is 2.32. The van der Waals surface area contributed by atoms with Gasteiger partial charge in [0.05, 0.1) is 16.9 Å². The van der Waals surface area contributed by atoms with Crippen molar-refractivity contribution in [3.05, 3.63) is 51.0 Å². The molecule has 6 heteroatoms. The molecule has 0 saturated heterocycles. The van der Waals surface area contributed by atoms with E-state index in [4.69, 9.17) is 11.6 Å². The molecule has 1 aromatic heterocycles. The van der Waals surface area contributed by atoms with Gasteiger partial charge in [0, 0.05) is 16.6 Å². The number of aryl methyl sites for hydroxylation is 1. The van der Waals surface area contributed by atoms with Gasteiger partial charge >= 0.3 is 0 Å². The van der Waals surface area contributed by atoms with Crippen molar-refractivity contribution in [1.82, 2.24) is 9.78 Å². The summed E-state index contributed by atoms with van der Waals surface area (Å²) in [5.74, 6) is -0.368. The molecule has 3 nitrogen and oxygen atoms in total. The van der Waals surface area contributed by atoms with Gasteiger partial charge < -0.3 is 5.11 Å². The lowest BCUT2D eigenvalue weighted by Gasteiger charge is -2.15. The second kappa shape index (κ2) is 5.38. The summed E-state index contributed by atoms with van der Waals surface area (Å²) in [5.41, 5.74) is 1.06. The van der Waals surface area contributed by atoms with Crippen LogP contribution in [0.1, 0.15) is 24.3 Å². The van der Waals surface area contributed by atoms with E-state index in [0.717, 1.165) is 0 Å². The lowest BCUT2D eigenvalue weighted by Crippen LogP contribution is -2.10. The Morgan fingerprint density at radius 1 is 1.56 bits per heavy atom. The van der Waals surface area contributed by atoms with E-state index in [-0.39, 0.29) is 5.82 Å². The number of aliphatic hydroxyl groups is 1. The summed E-state index contributed by atoms with van der Waals surface area (Å²) in [6, 6.07) is 4.12. The number of benzene rings is 1. The summed E-state index contributed by atoms with van der Waals surface area (Å²) in [7, 11) is 0. The molecule has 0 radical (unpaired) electrons. The van der Waals surface area contributed by atoms with Crippen molar-refractivity contribution in [3.8, 4) is 0 Å².